The van der Waals surface area contributed by atoms with Crippen molar-refractivity contribution in [1.29, 1.82) is 0 Å². The van der Waals surface area contributed by atoms with Crippen molar-refractivity contribution in [3.8, 4) is 11.3 Å². The summed E-state index contributed by atoms with van der Waals surface area (Å²) >= 11 is 6.15. The van der Waals surface area contributed by atoms with Crippen molar-refractivity contribution in [1.82, 2.24) is 25.4 Å². The smallest absolute Gasteiger partial charge is 0.407 e. The lowest BCUT2D eigenvalue weighted by Gasteiger charge is -2.28. The Balaban J connectivity index is 1.69. The topological polar surface area (TPSA) is 133 Å². The van der Waals surface area contributed by atoms with E-state index in [9.17, 15) is 14.0 Å². The highest BCUT2D eigenvalue weighted by atomic mass is 35.5. The average molecular weight is 699 g/mol. The van der Waals surface area contributed by atoms with E-state index < -0.39 is 17.5 Å². The second-order valence-electron chi connectivity index (χ2n) is 14.1. The molecule has 3 aromatic rings. The van der Waals surface area contributed by atoms with Crippen LogP contribution >= 0.6 is 11.6 Å². The second-order valence-corrected chi connectivity index (χ2v) is 14.6. The SMILES string of the molecule is CC(C)CCCNc1nnc(-c2cc(Cl)ccc2F)cc1Nc1ccnc(NC(=O)CCN(CC(C)C)CC(C)NC(=O)OC(C)(C)C)c1. The van der Waals surface area contributed by atoms with E-state index in [0.717, 1.165) is 19.4 Å². The van der Waals surface area contributed by atoms with Gasteiger partial charge in [-0.25, -0.2) is 14.2 Å². The summed E-state index contributed by atoms with van der Waals surface area (Å²) in [6.45, 7) is 18.5. The molecule has 49 heavy (non-hydrogen) atoms. The number of carbonyl (C=O) groups excluding carboxylic acids is 2. The number of aromatic nitrogens is 3. The highest BCUT2D eigenvalue weighted by Crippen LogP contribution is 2.31. The first-order valence-electron chi connectivity index (χ1n) is 16.9. The van der Waals surface area contributed by atoms with Gasteiger partial charge in [0, 0.05) is 67.2 Å². The molecule has 13 heteroatoms. The molecule has 1 aromatic carbocycles. The van der Waals surface area contributed by atoms with Crippen LogP contribution in [-0.4, -0.2) is 69.9 Å². The van der Waals surface area contributed by atoms with Crippen LogP contribution in [0, 0.1) is 17.7 Å². The van der Waals surface area contributed by atoms with Gasteiger partial charge in [0.2, 0.25) is 5.91 Å². The van der Waals surface area contributed by atoms with E-state index in [1.807, 2.05) is 27.7 Å². The second kappa shape index (κ2) is 18.7. The third kappa shape index (κ3) is 14.5. The van der Waals surface area contributed by atoms with Gasteiger partial charge in [-0.3, -0.25) is 4.79 Å². The maximum atomic E-state index is 14.7. The molecule has 0 aliphatic carbocycles. The molecule has 0 aliphatic heterocycles. The number of alkyl carbamates (subject to hydrolysis) is 1. The predicted octanol–water partition coefficient (Wildman–Crippen LogP) is 8.12. The molecule has 0 fully saturated rings. The van der Waals surface area contributed by atoms with Crippen LogP contribution in [0.25, 0.3) is 11.3 Å². The van der Waals surface area contributed by atoms with E-state index in [4.69, 9.17) is 16.3 Å². The van der Waals surface area contributed by atoms with Gasteiger partial charge < -0.3 is 30.9 Å². The van der Waals surface area contributed by atoms with Gasteiger partial charge in [-0.15, -0.1) is 10.2 Å². The Bertz CT molecular complexity index is 1530. The van der Waals surface area contributed by atoms with Gasteiger partial charge in [0.1, 0.15) is 17.2 Å². The molecule has 3 rings (SSSR count). The first-order valence-corrected chi connectivity index (χ1v) is 17.3. The molecular weight excluding hydrogens is 647 g/mol. The van der Waals surface area contributed by atoms with E-state index in [1.54, 1.807) is 24.4 Å². The highest BCUT2D eigenvalue weighted by molar-refractivity contribution is 6.30. The van der Waals surface area contributed by atoms with Crippen molar-refractivity contribution in [2.24, 2.45) is 11.8 Å². The van der Waals surface area contributed by atoms with Crippen LogP contribution < -0.4 is 21.3 Å². The molecule has 0 spiro atoms. The van der Waals surface area contributed by atoms with Crippen LogP contribution in [0.1, 0.15) is 74.7 Å². The van der Waals surface area contributed by atoms with Crippen LogP contribution in [0.5, 0.6) is 0 Å². The van der Waals surface area contributed by atoms with E-state index in [-0.39, 0.29) is 23.9 Å². The summed E-state index contributed by atoms with van der Waals surface area (Å²) in [5, 5.41) is 21.5. The number of benzene rings is 1. The monoisotopic (exact) mass is 698 g/mol. The zero-order valence-corrected chi connectivity index (χ0v) is 30.7. The molecule has 0 radical (unpaired) electrons. The number of halogens is 2. The number of nitrogens with zero attached hydrogens (tertiary/aromatic N) is 4. The van der Waals surface area contributed by atoms with Gasteiger partial charge >= 0.3 is 6.09 Å². The minimum absolute atomic E-state index is 0.172. The summed E-state index contributed by atoms with van der Waals surface area (Å²) in [7, 11) is 0. The predicted molar refractivity (Wildman–Crippen MR) is 196 cm³/mol. The molecule has 268 valence electrons. The highest BCUT2D eigenvalue weighted by Gasteiger charge is 2.20. The Kier molecular flexibility index (Phi) is 15.0. The Morgan fingerprint density at radius 3 is 2.45 bits per heavy atom. The lowest BCUT2D eigenvalue weighted by Crippen LogP contribution is -2.45. The van der Waals surface area contributed by atoms with Gasteiger partial charge in [-0.2, -0.15) is 0 Å². The molecule has 2 amide bonds. The fourth-order valence-electron chi connectivity index (χ4n) is 5.07. The summed E-state index contributed by atoms with van der Waals surface area (Å²) in [6.07, 6.45) is 3.36. The van der Waals surface area contributed by atoms with Crippen molar-refractivity contribution in [3.05, 3.63) is 53.4 Å². The van der Waals surface area contributed by atoms with Gasteiger partial charge in [0.25, 0.3) is 0 Å². The van der Waals surface area contributed by atoms with Crippen LogP contribution in [0.15, 0.2) is 42.6 Å². The third-order valence-corrected chi connectivity index (χ3v) is 7.36. The fraction of sp³-hybridized carbons (Fsp3) is 0.528. The van der Waals surface area contributed by atoms with E-state index in [1.165, 1.54) is 18.2 Å². The third-order valence-electron chi connectivity index (χ3n) is 7.13. The molecule has 11 nitrogen and oxygen atoms in total. The summed E-state index contributed by atoms with van der Waals surface area (Å²) in [5.74, 6) is 1.18. The summed E-state index contributed by atoms with van der Waals surface area (Å²) in [5.41, 5.74) is 1.19. The minimum Gasteiger partial charge on any atom is -0.444 e. The van der Waals surface area contributed by atoms with Gasteiger partial charge in [0.05, 0.1) is 11.4 Å². The summed E-state index contributed by atoms with van der Waals surface area (Å²) in [4.78, 5) is 31.8. The van der Waals surface area contributed by atoms with Crippen LogP contribution in [0.3, 0.4) is 0 Å². The number of pyridine rings is 1. The van der Waals surface area contributed by atoms with Crippen LogP contribution in [0.2, 0.25) is 5.02 Å². The molecule has 0 saturated heterocycles. The van der Waals surface area contributed by atoms with E-state index in [0.29, 0.717) is 65.2 Å². The molecule has 1 unspecified atom stereocenters. The van der Waals surface area contributed by atoms with Gasteiger partial charge in [-0.05, 0) is 82.7 Å². The first kappa shape index (κ1) is 39.4. The number of rotatable bonds is 17. The summed E-state index contributed by atoms with van der Waals surface area (Å²) < 4.78 is 20.1. The van der Waals surface area contributed by atoms with Crippen LogP contribution in [0.4, 0.5) is 32.2 Å². The minimum atomic E-state index is -0.582. The molecule has 0 bridgehead atoms. The van der Waals surface area contributed by atoms with Crippen molar-refractivity contribution in [2.45, 2.75) is 86.3 Å². The quantitative estimate of drug-likeness (QED) is 0.103. The molecule has 2 aromatic heterocycles. The first-order chi connectivity index (χ1) is 23.1. The fourth-order valence-corrected chi connectivity index (χ4v) is 5.24. The zero-order valence-electron chi connectivity index (χ0n) is 30.0. The maximum absolute atomic E-state index is 14.7. The zero-order chi connectivity index (χ0) is 36.1. The molecular formula is C36H52ClFN8O3. The van der Waals surface area contributed by atoms with Crippen molar-refractivity contribution in [3.63, 3.8) is 0 Å². The Hall–Kier alpha value is -4.03. The van der Waals surface area contributed by atoms with E-state index >= 15 is 0 Å². The molecule has 0 aliphatic rings. The standard InChI is InChI=1S/C36H52ClFN8O3/c1-23(2)10-9-15-40-34-31(20-30(44-45-34)28-18-26(37)11-12-29(28)38)42-27-13-16-39-32(19-27)43-33(47)14-17-46(21-24(3)4)22-25(5)41-35(48)49-36(6,7)8/h11-13,16,18-20,23-25H,9-10,14-15,17,21-22H2,1-8H3,(H,40,45)(H,41,48)(H2,39,42,43,44,47). The van der Waals surface area contributed by atoms with E-state index in [2.05, 4.69) is 69.0 Å². The average Bonchev–Trinajstić information content (AvgIpc) is 2.98. The van der Waals surface area contributed by atoms with Gasteiger partial charge in [0.15, 0.2) is 5.82 Å². The summed E-state index contributed by atoms with van der Waals surface area (Å²) in [6, 6.07) is 9.33. The number of hydrogen-bond donors (Lipinski definition) is 4. The number of amides is 2. The molecule has 2 heterocycles. The Labute approximate surface area is 295 Å². The number of nitrogens with one attached hydrogen (secondary N) is 4. The normalized spacial score (nSPS) is 12.3. The maximum Gasteiger partial charge on any atom is 0.407 e. The number of hydrogen-bond acceptors (Lipinski definition) is 9. The lowest BCUT2D eigenvalue weighted by molar-refractivity contribution is -0.116. The number of anilines is 4. The van der Waals surface area contributed by atoms with Crippen LogP contribution in [-0.2, 0) is 9.53 Å². The molecule has 1 atom stereocenters. The number of ether oxygens (including phenoxy) is 1. The Morgan fingerprint density at radius 2 is 1.76 bits per heavy atom. The molecule has 0 saturated carbocycles. The van der Waals surface area contributed by atoms with Gasteiger partial charge in [-0.1, -0.05) is 39.3 Å². The lowest BCUT2D eigenvalue weighted by atomic mass is 10.1. The van der Waals surface area contributed by atoms with Crippen molar-refractivity contribution in [2.75, 3.05) is 42.1 Å². The largest absolute Gasteiger partial charge is 0.444 e. The molecule has 4 N–H and O–H groups in total. The number of carbonyl (C=O) groups is 2. The van der Waals surface area contributed by atoms with Crippen molar-refractivity contribution < 1.29 is 18.7 Å². The van der Waals surface area contributed by atoms with Crippen molar-refractivity contribution >= 4 is 46.6 Å². The Morgan fingerprint density at radius 1 is 1.00 bits per heavy atom.